The second-order valence-electron chi connectivity index (χ2n) is 4.18. The van der Waals surface area contributed by atoms with Gasteiger partial charge in [0.25, 0.3) is 5.69 Å². The lowest BCUT2D eigenvalue weighted by Gasteiger charge is -2.10. The van der Waals surface area contributed by atoms with Crippen molar-refractivity contribution in [3.63, 3.8) is 0 Å². The van der Waals surface area contributed by atoms with Crippen LogP contribution in [0.25, 0.3) is 0 Å². The van der Waals surface area contributed by atoms with Gasteiger partial charge in [-0.3, -0.25) is 14.9 Å². The monoisotopic (exact) mass is 351 g/mol. The molecule has 0 heterocycles. The number of nitro groups is 1. The van der Waals surface area contributed by atoms with Crippen LogP contribution in [0.1, 0.15) is 15.9 Å². The van der Waals surface area contributed by atoms with Crippen molar-refractivity contribution in [1.82, 2.24) is 0 Å². The Bertz CT molecular complexity index is 661. The second-order valence-corrected chi connectivity index (χ2v) is 5.04. The molecule has 0 aliphatic carbocycles. The Morgan fingerprint density at radius 3 is 2.48 bits per heavy atom. The van der Waals surface area contributed by atoms with E-state index < -0.39 is 4.92 Å². The number of hydrogen-bond acceptors (Lipinski definition) is 5. The highest BCUT2D eigenvalue weighted by molar-refractivity contribution is 9.10. The number of ether oxygens (including phenoxy) is 1. The Hall–Kier alpha value is -2.41. The largest absolute Gasteiger partial charge is 0.504 e. The zero-order valence-electron chi connectivity index (χ0n) is 10.7. The van der Waals surface area contributed by atoms with E-state index >= 15 is 0 Å². The summed E-state index contributed by atoms with van der Waals surface area (Å²) in [7, 11) is 0. The van der Waals surface area contributed by atoms with Gasteiger partial charge in [-0.1, -0.05) is 0 Å². The number of aromatic hydroxyl groups is 1. The summed E-state index contributed by atoms with van der Waals surface area (Å²) in [5.74, 6) is 0.0485. The molecular formula is C14H10BrNO5. The van der Waals surface area contributed by atoms with E-state index in [2.05, 4.69) is 15.9 Å². The van der Waals surface area contributed by atoms with Crippen LogP contribution in [0.4, 0.5) is 5.69 Å². The summed E-state index contributed by atoms with van der Waals surface area (Å²) in [5.41, 5.74) is 1.03. The first kappa shape index (κ1) is 15.0. The van der Waals surface area contributed by atoms with Crippen LogP contribution in [0.2, 0.25) is 0 Å². The van der Waals surface area contributed by atoms with Gasteiger partial charge in [0, 0.05) is 17.7 Å². The fourth-order valence-electron chi connectivity index (χ4n) is 1.68. The van der Waals surface area contributed by atoms with Crippen LogP contribution in [0.15, 0.2) is 40.9 Å². The van der Waals surface area contributed by atoms with E-state index in [9.17, 15) is 20.0 Å². The van der Waals surface area contributed by atoms with Crippen molar-refractivity contribution in [2.75, 3.05) is 0 Å². The van der Waals surface area contributed by atoms with Crippen molar-refractivity contribution < 1.29 is 19.6 Å². The molecule has 0 unspecified atom stereocenters. The first-order valence-corrected chi connectivity index (χ1v) is 6.64. The number of aldehydes is 1. The third-order valence-electron chi connectivity index (χ3n) is 2.71. The number of carbonyl (C=O) groups excluding carboxylic acids is 1. The molecule has 21 heavy (non-hydrogen) atoms. The van der Waals surface area contributed by atoms with Crippen molar-refractivity contribution in [1.29, 1.82) is 0 Å². The maximum atomic E-state index is 10.7. The molecule has 0 saturated carbocycles. The van der Waals surface area contributed by atoms with Gasteiger partial charge in [0.1, 0.15) is 12.9 Å². The average Bonchev–Trinajstić information content (AvgIpc) is 2.46. The maximum absolute atomic E-state index is 10.7. The molecule has 0 bridgehead atoms. The molecular weight excluding hydrogens is 342 g/mol. The summed E-state index contributed by atoms with van der Waals surface area (Å²) in [5, 5.41) is 20.3. The number of non-ortho nitro benzene ring substituents is 1. The molecule has 0 atom stereocenters. The third-order valence-corrected chi connectivity index (χ3v) is 3.30. The van der Waals surface area contributed by atoms with Crippen LogP contribution < -0.4 is 4.74 Å². The fourth-order valence-corrected chi connectivity index (χ4v) is 2.26. The SMILES string of the molecule is O=Cc1cc(O)c(OCc2ccc([N+](=O)[O-])cc2)c(Br)c1. The van der Waals surface area contributed by atoms with Crippen LogP contribution in [-0.4, -0.2) is 16.3 Å². The molecule has 0 radical (unpaired) electrons. The number of rotatable bonds is 5. The molecule has 2 aromatic rings. The van der Waals surface area contributed by atoms with E-state index in [4.69, 9.17) is 4.74 Å². The van der Waals surface area contributed by atoms with Crippen molar-refractivity contribution in [3.05, 3.63) is 62.1 Å². The second kappa shape index (κ2) is 6.36. The number of carbonyl (C=O) groups is 1. The van der Waals surface area contributed by atoms with E-state index in [1.807, 2.05) is 0 Å². The molecule has 7 heteroatoms. The van der Waals surface area contributed by atoms with Crippen LogP contribution >= 0.6 is 15.9 Å². The van der Waals surface area contributed by atoms with Gasteiger partial charge in [-0.15, -0.1) is 0 Å². The molecule has 2 rings (SSSR count). The Morgan fingerprint density at radius 1 is 1.29 bits per heavy atom. The van der Waals surface area contributed by atoms with E-state index in [0.29, 0.717) is 21.9 Å². The highest BCUT2D eigenvalue weighted by Gasteiger charge is 2.11. The van der Waals surface area contributed by atoms with Crippen molar-refractivity contribution in [2.24, 2.45) is 0 Å². The Balaban J connectivity index is 2.13. The van der Waals surface area contributed by atoms with Gasteiger partial charge in [-0.05, 0) is 45.8 Å². The Morgan fingerprint density at radius 2 is 1.95 bits per heavy atom. The van der Waals surface area contributed by atoms with E-state index in [1.54, 1.807) is 12.1 Å². The van der Waals surface area contributed by atoms with Gasteiger partial charge in [-0.25, -0.2) is 0 Å². The zero-order chi connectivity index (χ0) is 15.4. The molecule has 6 nitrogen and oxygen atoms in total. The minimum atomic E-state index is -0.481. The summed E-state index contributed by atoms with van der Waals surface area (Å²) in [4.78, 5) is 20.7. The number of nitro benzene ring substituents is 1. The average molecular weight is 352 g/mol. The lowest BCUT2D eigenvalue weighted by atomic mass is 10.2. The standard InChI is InChI=1S/C14H10BrNO5/c15-12-5-10(7-17)6-13(18)14(12)21-8-9-1-3-11(4-2-9)16(19)20/h1-7,18H,8H2. The molecule has 0 saturated heterocycles. The van der Waals surface area contributed by atoms with Crippen molar-refractivity contribution in [3.8, 4) is 11.5 Å². The predicted octanol–water partition coefficient (Wildman–Crippen LogP) is 3.45. The van der Waals surface area contributed by atoms with Crippen LogP contribution in [0, 0.1) is 10.1 Å². The summed E-state index contributed by atoms with van der Waals surface area (Å²) in [6.07, 6.45) is 0.616. The normalized spacial score (nSPS) is 10.1. The molecule has 2 aromatic carbocycles. The first-order valence-electron chi connectivity index (χ1n) is 5.85. The van der Waals surface area contributed by atoms with Gasteiger partial charge in [0.15, 0.2) is 11.5 Å². The number of phenolic OH excluding ortho intramolecular Hbond substituents is 1. The number of hydrogen-bond donors (Lipinski definition) is 1. The molecule has 0 fully saturated rings. The molecule has 0 amide bonds. The quantitative estimate of drug-likeness (QED) is 0.506. The van der Waals surface area contributed by atoms with Gasteiger partial charge in [-0.2, -0.15) is 0 Å². The zero-order valence-corrected chi connectivity index (χ0v) is 12.2. The van der Waals surface area contributed by atoms with Crippen LogP contribution in [0.3, 0.4) is 0 Å². The maximum Gasteiger partial charge on any atom is 0.269 e. The third kappa shape index (κ3) is 3.57. The Kier molecular flexibility index (Phi) is 4.54. The first-order chi connectivity index (χ1) is 10.0. The van der Waals surface area contributed by atoms with Gasteiger partial charge in [0.2, 0.25) is 0 Å². The topological polar surface area (TPSA) is 89.7 Å². The van der Waals surface area contributed by atoms with Gasteiger partial charge >= 0.3 is 0 Å². The lowest BCUT2D eigenvalue weighted by Crippen LogP contribution is -1.97. The number of halogens is 1. The highest BCUT2D eigenvalue weighted by Crippen LogP contribution is 2.36. The molecule has 0 spiro atoms. The van der Waals surface area contributed by atoms with E-state index in [0.717, 1.165) is 0 Å². The van der Waals surface area contributed by atoms with Crippen LogP contribution in [0.5, 0.6) is 11.5 Å². The van der Waals surface area contributed by atoms with Crippen molar-refractivity contribution in [2.45, 2.75) is 6.61 Å². The number of benzene rings is 2. The molecule has 0 aliphatic heterocycles. The van der Waals surface area contributed by atoms with E-state index in [-0.39, 0.29) is 23.8 Å². The summed E-state index contributed by atoms with van der Waals surface area (Å²) >= 11 is 3.21. The summed E-state index contributed by atoms with van der Waals surface area (Å²) in [6.45, 7) is 0.130. The number of phenols is 1. The highest BCUT2D eigenvalue weighted by atomic mass is 79.9. The lowest BCUT2D eigenvalue weighted by molar-refractivity contribution is -0.384. The van der Waals surface area contributed by atoms with E-state index in [1.165, 1.54) is 24.3 Å². The molecule has 0 aliphatic rings. The number of nitrogens with zero attached hydrogens (tertiary/aromatic N) is 1. The molecule has 0 aromatic heterocycles. The summed E-state index contributed by atoms with van der Waals surface area (Å²) in [6, 6.07) is 8.72. The van der Waals surface area contributed by atoms with Gasteiger partial charge < -0.3 is 9.84 Å². The Labute approximate surface area is 128 Å². The fraction of sp³-hybridized carbons (Fsp3) is 0.0714. The van der Waals surface area contributed by atoms with Crippen molar-refractivity contribution >= 4 is 27.9 Å². The van der Waals surface area contributed by atoms with Crippen LogP contribution in [-0.2, 0) is 6.61 Å². The van der Waals surface area contributed by atoms with Gasteiger partial charge in [0.05, 0.1) is 9.40 Å². The molecule has 1 N–H and O–H groups in total. The molecule has 108 valence electrons. The minimum Gasteiger partial charge on any atom is -0.504 e. The summed E-state index contributed by atoms with van der Waals surface area (Å²) < 4.78 is 5.92. The minimum absolute atomic E-state index is 0.00175. The smallest absolute Gasteiger partial charge is 0.269 e. The predicted molar refractivity (Wildman–Crippen MR) is 78.6 cm³/mol.